The summed E-state index contributed by atoms with van der Waals surface area (Å²) < 4.78 is 13.0. The number of benzene rings is 7. The smallest absolute Gasteiger partial charge is 0.164 e. The van der Waals surface area contributed by atoms with Gasteiger partial charge in [0.15, 0.2) is 17.5 Å². The lowest BCUT2D eigenvalue weighted by atomic mass is 9.95. The van der Waals surface area contributed by atoms with Crippen LogP contribution in [0.25, 0.3) is 100 Å². The second-order valence-electron chi connectivity index (χ2n) is 12.4. The van der Waals surface area contributed by atoms with E-state index in [9.17, 15) is 0 Å². The van der Waals surface area contributed by atoms with Crippen LogP contribution in [0, 0.1) is 0 Å². The largest absolute Gasteiger partial charge is 0.456 e. The number of hydrogen-bond donors (Lipinski definition) is 0. The molecule has 0 saturated heterocycles. The van der Waals surface area contributed by atoms with E-state index in [0.717, 1.165) is 82.8 Å². The molecular formula is C45H27N3O2. The first-order valence-electron chi connectivity index (χ1n) is 16.6. The van der Waals surface area contributed by atoms with Crippen molar-refractivity contribution in [2.75, 3.05) is 0 Å². The molecule has 0 atom stereocenters. The Kier molecular flexibility index (Phi) is 6.42. The Balaban J connectivity index is 1.12. The zero-order chi connectivity index (χ0) is 33.0. The molecule has 10 aromatic rings. The third-order valence-electron chi connectivity index (χ3n) is 9.33. The molecule has 0 aliphatic heterocycles. The number of aromatic nitrogens is 3. The summed E-state index contributed by atoms with van der Waals surface area (Å²) >= 11 is 0. The Hall–Kier alpha value is -6.85. The van der Waals surface area contributed by atoms with Gasteiger partial charge in [-0.3, -0.25) is 0 Å². The van der Waals surface area contributed by atoms with Gasteiger partial charge in [0, 0.05) is 43.8 Å². The highest BCUT2D eigenvalue weighted by molar-refractivity contribution is 6.13. The SMILES string of the molecule is c1ccc(-c2cc(-c3ccc4oc5cc(-c6nc(-c7ccccc7)nc(-c7ccccc7)n6)ccc5c4c3)c3oc4ccccc4c3c2)cc1. The van der Waals surface area contributed by atoms with Gasteiger partial charge in [0.1, 0.15) is 22.3 Å². The Morgan fingerprint density at radius 3 is 1.54 bits per heavy atom. The van der Waals surface area contributed by atoms with Crippen molar-refractivity contribution < 1.29 is 8.83 Å². The minimum Gasteiger partial charge on any atom is -0.456 e. The highest BCUT2D eigenvalue weighted by Crippen LogP contribution is 2.41. The average Bonchev–Trinajstić information content (AvgIpc) is 3.76. The number of fused-ring (bicyclic) bond motifs is 6. The van der Waals surface area contributed by atoms with Gasteiger partial charge in [-0.1, -0.05) is 121 Å². The monoisotopic (exact) mass is 641 g/mol. The molecule has 0 aliphatic carbocycles. The van der Waals surface area contributed by atoms with E-state index in [1.54, 1.807) is 0 Å². The summed E-state index contributed by atoms with van der Waals surface area (Å²) in [5.41, 5.74) is 10.4. The summed E-state index contributed by atoms with van der Waals surface area (Å²) in [7, 11) is 0. The Morgan fingerprint density at radius 2 is 0.840 bits per heavy atom. The molecule has 0 unspecified atom stereocenters. The molecule has 0 fully saturated rings. The van der Waals surface area contributed by atoms with E-state index in [0.29, 0.717) is 17.5 Å². The molecule has 0 spiro atoms. The molecule has 234 valence electrons. The van der Waals surface area contributed by atoms with Crippen LogP contribution in [0.2, 0.25) is 0 Å². The van der Waals surface area contributed by atoms with Crippen LogP contribution in [0.5, 0.6) is 0 Å². The molecule has 5 nitrogen and oxygen atoms in total. The molecule has 3 aromatic heterocycles. The molecule has 7 aromatic carbocycles. The molecule has 0 amide bonds. The fourth-order valence-corrected chi connectivity index (χ4v) is 6.86. The second kappa shape index (κ2) is 11.4. The van der Waals surface area contributed by atoms with E-state index in [4.69, 9.17) is 23.8 Å². The molecule has 0 N–H and O–H groups in total. The van der Waals surface area contributed by atoms with Crippen molar-refractivity contribution in [1.82, 2.24) is 15.0 Å². The normalized spacial score (nSPS) is 11.6. The maximum atomic E-state index is 6.52. The molecule has 10 rings (SSSR count). The first-order valence-corrected chi connectivity index (χ1v) is 16.6. The minimum absolute atomic E-state index is 0.589. The van der Waals surface area contributed by atoms with Gasteiger partial charge in [-0.25, -0.2) is 15.0 Å². The number of para-hydroxylation sites is 1. The van der Waals surface area contributed by atoms with Crippen LogP contribution in [0.3, 0.4) is 0 Å². The summed E-state index contributed by atoms with van der Waals surface area (Å²) in [6, 6.07) is 55.8. The standard InChI is InChI=1S/C45H27N3O2/c1-4-12-28(13-5-1)33-25-36(42-38(26-33)34-18-10-11-19-39(34)50-42)31-21-23-40-37(24-31)35-22-20-32(27-41(35)49-40)45-47-43(29-14-6-2-7-15-29)46-44(48-45)30-16-8-3-9-17-30/h1-27H. The van der Waals surface area contributed by atoms with E-state index in [2.05, 4.69) is 78.9 Å². The lowest BCUT2D eigenvalue weighted by Gasteiger charge is -2.08. The van der Waals surface area contributed by atoms with Crippen molar-refractivity contribution in [2.45, 2.75) is 0 Å². The third-order valence-corrected chi connectivity index (χ3v) is 9.33. The van der Waals surface area contributed by atoms with Gasteiger partial charge in [0.2, 0.25) is 0 Å². The zero-order valence-corrected chi connectivity index (χ0v) is 26.7. The van der Waals surface area contributed by atoms with Gasteiger partial charge in [0.25, 0.3) is 0 Å². The highest BCUT2D eigenvalue weighted by Gasteiger charge is 2.18. The number of nitrogens with zero attached hydrogens (tertiary/aromatic N) is 3. The van der Waals surface area contributed by atoms with E-state index < -0.39 is 0 Å². The van der Waals surface area contributed by atoms with Crippen molar-refractivity contribution in [3.8, 4) is 56.4 Å². The Bertz CT molecular complexity index is 2800. The summed E-state index contributed by atoms with van der Waals surface area (Å²) in [6.07, 6.45) is 0. The predicted molar refractivity (Wildman–Crippen MR) is 202 cm³/mol. The van der Waals surface area contributed by atoms with Gasteiger partial charge >= 0.3 is 0 Å². The lowest BCUT2D eigenvalue weighted by molar-refractivity contribution is 0.668. The Morgan fingerprint density at radius 1 is 0.300 bits per heavy atom. The summed E-state index contributed by atoms with van der Waals surface area (Å²) in [6.45, 7) is 0. The van der Waals surface area contributed by atoms with E-state index in [1.807, 2.05) is 84.9 Å². The van der Waals surface area contributed by atoms with Crippen molar-refractivity contribution in [3.05, 3.63) is 164 Å². The third kappa shape index (κ3) is 4.75. The molecule has 0 aliphatic rings. The van der Waals surface area contributed by atoms with Crippen LogP contribution in [0.15, 0.2) is 173 Å². The number of furan rings is 2. The van der Waals surface area contributed by atoms with Crippen molar-refractivity contribution >= 4 is 43.9 Å². The maximum Gasteiger partial charge on any atom is 0.164 e. The summed E-state index contributed by atoms with van der Waals surface area (Å²) in [4.78, 5) is 14.7. The van der Waals surface area contributed by atoms with Crippen molar-refractivity contribution in [2.24, 2.45) is 0 Å². The quantitative estimate of drug-likeness (QED) is 0.187. The van der Waals surface area contributed by atoms with E-state index >= 15 is 0 Å². The summed E-state index contributed by atoms with van der Waals surface area (Å²) in [5, 5.41) is 4.25. The lowest BCUT2D eigenvalue weighted by Crippen LogP contribution is -2.00. The fourth-order valence-electron chi connectivity index (χ4n) is 6.86. The minimum atomic E-state index is 0.589. The first-order chi connectivity index (χ1) is 24.7. The van der Waals surface area contributed by atoms with Crippen LogP contribution in [-0.2, 0) is 0 Å². The number of rotatable bonds is 5. The second-order valence-corrected chi connectivity index (χ2v) is 12.4. The fraction of sp³-hybridized carbons (Fsp3) is 0. The summed E-state index contributed by atoms with van der Waals surface area (Å²) in [5.74, 6) is 1.84. The maximum absolute atomic E-state index is 6.52. The topological polar surface area (TPSA) is 65.0 Å². The van der Waals surface area contributed by atoms with Gasteiger partial charge in [-0.05, 0) is 59.2 Å². The van der Waals surface area contributed by atoms with Crippen molar-refractivity contribution in [3.63, 3.8) is 0 Å². The van der Waals surface area contributed by atoms with Crippen LogP contribution < -0.4 is 0 Å². The van der Waals surface area contributed by atoms with Gasteiger partial charge in [0.05, 0.1) is 0 Å². The van der Waals surface area contributed by atoms with Crippen LogP contribution >= 0.6 is 0 Å². The van der Waals surface area contributed by atoms with Crippen molar-refractivity contribution in [1.29, 1.82) is 0 Å². The predicted octanol–water partition coefficient (Wildman–Crippen LogP) is 12.0. The van der Waals surface area contributed by atoms with Crippen LogP contribution in [0.1, 0.15) is 0 Å². The van der Waals surface area contributed by atoms with Gasteiger partial charge in [-0.15, -0.1) is 0 Å². The Labute approximate surface area is 287 Å². The molecule has 3 heterocycles. The molecule has 5 heteroatoms. The first kappa shape index (κ1) is 28.2. The van der Waals surface area contributed by atoms with Gasteiger partial charge in [-0.2, -0.15) is 0 Å². The van der Waals surface area contributed by atoms with E-state index in [1.165, 1.54) is 0 Å². The van der Waals surface area contributed by atoms with Crippen LogP contribution in [0.4, 0.5) is 0 Å². The molecular weight excluding hydrogens is 615 g/mol. The zero-order valence-electron chi connectivity index (χ0n) is 26.7. The van der Waals surface area contributed by atoms with Gasteiger partial charge < -0.3 is 8.83 Å². The number of hydrogen-bond acceptors (Lipinski definition) is 5. The van der Waals surface area contributed by atoms with E-state index in [-0.39, 0.29) is 0 Å². The molecule has 50 heavy (non-hydrogen) atoms. The highest BCUT2D eigenvalue weighted by atomic mass is 16.3. The molecule has 0 radical (unpaired) electrons. The average molecular weight is 642 g/mol. The molecule has 0 saturated carbocycles. The molecule has 0 bridgehead atoms. The van der Waals surface area contributed by atoms with Crippen LogP contribution in [-0.4, -0.2) is 15.0 Å².